The van der Waals surface area contributed by atoms with Crippen LogP contribution in [0, 0.1) is 6.92 Å². The fraction of sp³-hybridized carbons (Fsp3) is 0.412. The van der Waals surface area contributed by atoms with Crippen LogP contribution in [0.5, 0.6) is 11.5 Å². The Morgan fingerprint density at radius 1 is 1.11 bits per heavy atom. The summed E-state index contributed by atoms with van der Waals surface area (Å²) in [6.45, 7) is 4.96. The number of nitrogens with zero attached hydrogens (tertiary/aromatic N) is 2. The van der Waals surface area contributed by atoms with Crippen molar-refractivity contribution in [3.8, 4) is 22.8 Å². The summed E-state index contributed by atoms with van der Waals surface area (Å²) in [4.78, 5) is 26.4. The second-order valence-corrected chi connectivity index (χ2v) is 12.8. The van der Waals surface area contributed by atoms with Crippen LogP contribution in [0.1, 0.15) is 75.4 Å². The van der Waals surface area contributed by atoms with Gasteiger partial charge in [0.1, 0.15) is 23.3 Å². The molecule has 5 atom stereocenters. The van der Waals surface area contributed by atoms with E-state index in [0.717, 1.165) is 5.56 Å². The number of hydrogen-bond acceptors (Lipinski definition) is 12. The molecule has 3 heterocycles. The predicted octanol–water partition coefficient (Wildman–Crippen LogP) is 4.08. The molecule has 3 aliphatic rings. The van der Waals surface area contributed by atoms with Crippen LogP contribution in [-0.4, -0.2) is 70.2 Å². The van der Waals surface area contributed by atoms with Gasteiger partial charge in [0.15, 0.2) is 17.6 Å². The quantitative estimate of drug-likeness (QED) is 0.255. The monoisotopic (exact) mass is 630 g/mol. The van der Waals surface area contributed by atoms with Crippen molar-refractivity contribution >= 4 is 12.1 Å². The van der Waals surface area contributed by atoms with Crippen LogP contribution in [0.2, 0.25) is 0 Å². The van der Waals surface area contributed by atoms with E-state index < -0.39 is 47.1 Å². The number of aromatic nitrogens is 2. The standard InChI is InChI=1S/C34H34N2O10/c1-17-21(15-37)23(45-35-17)13-34(40)29(38)28-26-27(36-46-28)25-20(11-19(41-4)12-22(25)42-5)30(43-16-18-9-7-6-8-10-18)33(26)14-24(32(2,3)39)44-31(33)34/h6-12,15,24,30-31,39-40H,13-14,16H2,1-5H3/t24-,30+,31+,33+,34-/m0/s1. The lowest BCUT2D eigenvalue weighted by atomic mass is 9.54. The molecular weight excluding hydrogens is 596 g/mol. The van der Waals surface area contributed by atoms with E-state index >= 15 is 0 Å². The van der Waals surface area contributed by atoms with E-state index in [-0.39, 0.29) is 30.1 Å². The maximum Gasteiger partial charge on any atom is 0.235 e. The first-order chi connectivity index (χ1) is 22.0. The number of aliphatic hydroxyl groups is 2. The highest BCUT2D eigenvalue weighted by Crippen LogP contribution is 2.66. The summed E-state index contributed by atoms with van der Waals surface area (Å²) in [5.74, 6) is -0.0595. The number of carbonyl (C=O) groups is 2. The molecule has 0 bridgehead atoms. The van der Waals surface area contributed by atoms with Gasteiger partial charge in [-0.25, -0.2) is 0 Å². The highest BCUT2D eigenvalue weighted by molar-refractivity contribution is 6.06. The van der Waals surface area contributed by atoms with E-state index in [1.807, 2.05) is 36.4 Å². The minimum absolute atomic E-state index is 0.0123. The molecule has 1 spiro atoms. The third-order valence-corrected chi connectivity index (χ3v) is 9.61. The van der Waals surface area contributed by atoms with Crippen molar-refractivity contribution in [1.82, 2.24) is 10.3 Å². The van der Waals surface area contributed by atoms with Crippen LogP contribution < -0.4 is 9.47 Å². The number of hydrogen-bond donors (Lipinski definition) is 2. The first kappa shape index (κ1) is 30.3. The Balaban J connectivity index is 1.51. The molecule has 12 nitrogen and oxygen atoms in total. The molecule has 240 valence electrons. The van der Waals surface area contributed by atoms with E-state index in [4.69, 9.17) is 28.0 Å². The van der Waals surface area contributed by atoms with Gasteiger partial charge in [-0.1, -0.05) is 40.6 Å². The summed E-state index contributed by atoms with van der Waals surface area (Å²) in [7, 11) is 3.06. The third-order valence-electron chi connectivity index (χ3n) is 9.61. The first-order valence-corrected chi connectivity index (χ1v) is 14.9. The fourth-order valence-electron chi connectivity index (χ4n) is 7.41. The molecule has 1 saturated heterocycles. The number of methoxy groups -OCH3 is 2. The van der Waals surface area contributed by atoms with Crippen molar-refractivity contribution in [2.45, 2.75) is 75.1 Å². The molecule has 0 amide bonds. The average Bonchev–Trinajstić information content (AvgIpc) is 3.76. The molecule has 1 fully saturated rings. The molecule has 2 aliphatic carbocycles. The molecule has 7 rings (SSSR count). The number of aryl methyl sites for hydroxylation is 1. The molecule has 0 radical (unpaired) electrons. The molecule has 46 heavy (non-hydrogen) atoms. The van der Waals surface area contributed by atoms with E-state index in [9.17, 15) is 19.8 Å². The van der Waals surface area contributed by atoms with Crippen molar-refractivity contribution in [3.63, 3.8) is 0 Å². The molecule has 2 N–H and O–H groups in total. The van der Waals surface area contributed by atoms with Gasteiger partial charge in [-0.2, -0.15) is 0 Å². The number of benzene rings is 2. The first-order valence-electron chi connectivity index (χ1n) is 14.9. The molecule has 2 aromatic carbocycles. The van der Waals surface area contributed by atoms with Gasteiger partial charge in [-0.05, 0) is 44.4 Å². The van der Waals surface area contributed by atoms with Crippen LogP contribution in [0.4, 0.5) is 0 Å². The number of Topliss-reactive ketones (excluding diaryl/α,β-unsaturated/α-hetero) is 1. The molecule has 1 aliphatic heterocycles. The Hall–Kier alpha value is -4.36. The summed E-state index contributed by atoms with van der Waals surface area (Å²) in [6.07, 6.45) is -2.85. The Morgan fingerprint density at radius 3 is 2.54 bits per heavy atom. The van der Waals surface area contributed by atoms with Crippen molar-refractivity contribution in [2.75, 3.05) is 14.2 Å². The number of ether oxygens (including phenoxy) is 4. The summed E-state index contributed by atoms with van der Waals surface area (Å²) < 4.78 is 36.2. The second-order valence-electron chi connectivity index (χ2n) is 12.8. The number of ketones is 1. The zero-order valence-electron chi connectivity index (χ0n) is 26.0. The van der Waals surface area contributed by atoms with Gasteiger partial charge in [0.25, 0.3) is 0 Å². The van der Waals surface area contributed by atoms with E-state index in [1.165, 1.54) is 14.2 Å². The van der Waals surface area contributed by atoms with Crippen LogP contribution in [-0.2, 0) is 27.9 Å². The van der Waals surface area contributed by atoms with Crippen LogP contribution in [0.25, 0.3) is 11.3 Å². The Labute approximate surface area is 264 Å². The van der Waals surface area contributed by atoms with Gasteiger partial charge < -0.3 is 38.2 Å². The summed E-state index contributed by atoms with van der Waals surface area (Å²) >= 11 is 0. The Bertz CT molecular complexity index is 1840. The van der Waals surface area contributed by atoms with Crippen LogP contribution in [0.15, 0.2) is 51.5 Å². The smallest absolute Gasteiger partial charge is 0.235 e. The topological polar surface area (TPSA) is 164 Å². The normalized spacial score (nSPS) is 26.3. The Morgan fingerprint density at radius 2 is 1.87 bits per heavy atom. The van der Waals surface area contributed by atoms with Crippen molar-refractivity contribution in [2.24, 2.45) is 0 Å². The van der Waals surface area contributed by atoms with Gasteiger partial charge in [0, 0.05) is 18.1 Å². The van der Waals surface area contributed by atoms with Gasteiger partial charge in [0.05, 0.1) is 60.9 Å². The Kier molecular flexibility index (Phi) is 6.98. The minimum Gasteiger partial charge on any atom is -0.497 e. The number of fused-ring (bicyclic) bond motifs is 2. The molecule has 4 aromatic rings. The van der Waals surface area contributed by atoms with Crippen molar-refractivity contribution < 1.29 is 47.8 Å². The maximum absolute atomic E-state index is 14.4. The minimum atomic E-state index is -2.34. The highest BCUT2D eigenvalue weighted by Gasteiger charge is 2.73. The summed E-state index contributed by atoms with van der Waals surface area (Å²) in [6, 6.07) is 13.1. The van der Waals surface area contributed by atoms with Gasteiger partial charge in [-0.3, -0.25) is 9.59 Å². The maximum atomic E-state index is 14.4. The predicted molar refractivity (Wildman–Crippen MR) is 160 cm³/mol. The van der Waals surface area contributed by atoms with Gasteiger partial charge in [-0.15, -0.1) is 0 Å². The lowest BCUT2D eigenvalue weighted by Crippen LogP contribution is -2.64. The number of aldehydes is 1. The third kappa shape index (κ3) is 4.20. The summed E-state index contributed by atoms with van der Waals surface area (Å²) in [5.41, 5.74) is -1.85. The number of rotatable bonds is 9. The van der Waals surface area contributed by atoms with Crippen molar-refractivity contribution in [1.29, 1.82) is 0 Å². The van der Waals surface area contributed by atoms with Crippen LogP contribution in [0.3, 0.4) is 0 Å². The average molecular weight is 631 g/mol. The number of carbonyl (C=O) groups excluding carboxylic acids is 2. The zero-order valence-corrected chi connectivity index (χ0v) is 26.0. The van der Waals surface area contributed by atoms with Gasteiger partial charge >= 0.3 is 0 Å². The van der Waals surface area contributed by atoms with E-state index in [0.29, 0.717) is 45.9 Å². The SMILES string of the molecule is COc1cc(OC)c2c(c1)[C@@H](OCc1ccccc1)[C@]13C[C@@H](C(C)(C)O)O[C@H]1[C@](O)(Cc1onc(C)c1C=O)C(=O)c1onc-2c13. The molecule has 0 saturated carbocycles. The second kappa shape index (κ2) is 10.6. The largest absolute Gasteiger partial charge is 0.497 e. The lowest BCUT2D eigenvalue weighted by molar-refractivity contribution is -0.155. The summed E-state index contributed by atoms with van der Waals surface area (Å²) in [5, 5.41) is 32.3. The molecule has 12 heteroatoms. The molecular formula is C34H34N2O10. The highest BCUT2D eigenvalue weighted by atomic mass is 16.5. The van der Waals surface area contributed by atoms with Crippen LogP contribution >= 0.6 is 0 Å². The van der Waals surface area contributed by atoms with E-state index in [1.54, 1.807) is 26.8 Å². The fourth-order valence-corrected chi connectivity index (χ4v) is 7.41. The molecule has 2 aromatic heterocycles. The van der Waals surface area contributed by atoms with Crippen molar-refractivity contribution in [3.05, 3.63) is 81.9 Å². The zero-order chi connectivity index (χ0) is 32.6. The lowest BCUT2D eigenvalue weighted by Gasteiger charge is -2.50. The van der Waals surface area contributed by atoms with E-state index in [2.05, 4.69) is 10.3 Å². The van der Waals surface area contributed by atoms with Gasteiger partial charge in [0.2, 0.25) is 11.5 Å². The molecule has 0 unspecified atom stereocenters.